The molecule has 0 amide bonds. The summed E-state index contributed by atoms with van der Waals surface area (Å²) in [5, 5.41) is 14.9. The quantitative estimate of drug-likeness (QED) is 0.852. The van der Waals surface area contributed by atoms with Crippen LogP contribution in [0.2, 0.25) is 10.0 Å². The fraction of sp³-hybridized carbons (Fsp3) is 0.400. The van der Waals surface area contributed by atoms with E-state index < -0.39 is 0 Å². The summed E-state index contributed by atoms with van der Waals surface area (Å²) in [6, 6.07) is 5.06. The number of halogens is 2. The van der Waals surface area contributed by atoms with Crippen LogP contribution in [-0.2, 0) is 19.6 Å². The van der Waals surface area contributed by atoms with Crippen molar-refractivity contribution in [2.45, 2.75) is 39.8 Å². The smallest absolute Gasteiger partial charge is 0.221 e. The second-order valence-electron chi connectivity index (χ2n) is 4.66. The Labute approximate surface area is 134 Å². The van der Waals surface area contributed by atoms with Gasteiger partial charge in [-0.3, -0.25) is 0 Å². The van der Waals surface area contributed by atoms with Crippen LogP contribution >= 0.6 is 23.2 Å². The Kier molecular flexibility index (Phi) is 5.51. The summed E-state index contributed by atoms with van der Waals surface area (Å²) in [6.07, 6.45) is 1.73. The second-order valence-corrected chi connectivity index (χ2v) is 5.53. The largest absolute Gasteiger partial charge is 0.439 e. The average molecular weight is 329 g/mol. The standard InChI is InChI=1S/C15H18Cl2N2O2/c1-3-5-13-14(9-20)18-19(4-2)15(13)21-12-7-10(16)6-11(17)8-12/h6-8,20H,3-5,9H2,1-2H3. The topological polar surface area (TPSA) is 47.3 Å². The van der Waals surface area contributed by atoms with E-state index in [0.29, 0.717) is 33.9 Å². The first kappa shape index (κ1) is 16.1. The van der Waals surface area contributed by atoms with Crippen molar-refractivity contribution < 1.29 is 9.84 Å². The molecule has 0 bridgehead atoms. The number of ether oxygens (including phenoxy) is 1. The average Bonchev–Trinajstić information content (AvgIpc) is 2.76. The van der Waals surface area contributed by atoms with E-state index in [1.54, 1.807) is 22.9 Å². The predicted octanol–water partition coefficient (Wildman–Crippen LogP) is 4.45. The predicted molar refractivity (Wildman–Crippen MR) is 84.4 cm³/mol. The first-order valence-corrected chi connectivity index (χ1v) is 7.68. The van der Waals surface area contributed by atoms with Crippen LogP contribution in [0.1, 0.15) is 31.5 Å². The molecule has 6 heteroatoms. The monoisotopic (exact) mass is 328 g/mol. The molecule has 0 fully saturated rings. The zero-order valence-electron chi connectivity index (χ0n) is 12.1. The maximum atomic E-state index is 9.46. The molecule has 0 aliphatic carbocycles. The number of nitrogens with zero attached hydrogens (tertiary/aromatic N) is 2. The van der Waals surface area contributed by atoms with Gasteiger partial charge < -0.3 is 9.84 Å². The number of aromatic nitrogens is 2. The molecule has 2 aromatic rings. The third kappa shape index (κ3) is 3.70. The Hall–Kier alpha value is -1.23. The van der Waals surface area contributed by atoms with E-state index in [1.165, 1.54) is 0 Å². The lowest BCUT2D eigenvalue weighted by molar-refractivity contribution is 0.274. The summed E-state index contributed by atoms with van der Waals surface area (Å²) in [5.41, 5.74) is 1.58. The van der Waals surface area contributed by atoms with E-state index in [-0.39, 0.29) is 6.61 Å². The minimum atomic E-state index is -0.102. The van der Waals surface area contributed by atoms with Crippen molar-refractivity contribution in [3.8, 4) is 11.6 Å². The molecule has 0 radical (unpaired) electrons. The van der Waals surface area contributed by atoms with Crippen LogP contribution in [0.5, 0.6) is 11.6 Å². The molecule has 0 unspecified atom stereocenters. The molecule has 1 N–H and O–H groups in total. The van der Waals surface area contributed by atoms with E-state index in [0.717, 1.165) is 18.4 Å². The number of aryl methyl sites for hydroxylation is 1. The van der Waals surface area contributed by atoms with Crippen molar-refractivity contribution in [1.29, 1.82) is 0 Å². The normalized spacial score (nSPS) is 10.9. The second kappa shape index (κ2) is 7.16. The van der Waals surface area contributed by atoms with Gasteiger partial charge in [-0.05, 0) is 31.5 Å². The molecule has 1 aromatic heterocycles. The van der Waals surface area contributed by atoms with Crippen molar-refractivity contribution >= 4 is 23.2 Å². The lowest BCUT2D eigenvalue weighted by atomic mass is 10.1. The van der Waals surface area contributed by atoms with Crippen molar-refractivity contribution in [3.63, 3.8) is 0 Å². The van der Waals surface area contributed by atoms with Gasteiger partial charge in [-0.25, -0.2) is 4.68 Å². The molecule has 21 heavy (non-hydrogen) atoms. The molecule has 1 heterocycles. The third-order valence-corrected chi connectivity index (χ3v) is 3.52. The van der Waals surface area contributed by atoms with E-state index in [2.05, 4.69) is 12.0 Å². The van der Waals surface area contributed by atoms with Gasteiger partial charge in [0.1, 0.15) is 5.75 Å². The maximum Gasteiger partial charge on any atom is 0.221 e. The number of benzene rings is 1. The minimum absolute atomic E-state index is 0.102. The van der Waals surface area contributed by atoms with Gasteiger partial charge in [-0.15, -0.1) is 0 Å². The van der Waals surface area contributed by atoms with Gasteiger partial charge in [0.25, 0.3) is 0 Å². The molecule has 0 aliphatic heterocycles. The summed E-state index contributed by atoms with van der Waals surface area (Å²) in [7, 11) is 0. The minimum Gasteiger partial charge on any atom is -0.439 e. The fourth-order valence-electron chi connectivity index (χ4n) is 2.19. The summed E-state index contributed by atoms with van der Waals surface area (Å²) in [6.45, 7) is 4.60. The van der Waals surface area contributed by atoms with Crippen LogP contribution in [0.25, 0.3) is 0 Å². The Morgan fingerprint density at radius 1 is 1.19 bits per heavy atom. The SMILES string of the molecule is CCCc1c(CO)nn(CC)c1Oc1cc(Cl)cc(Cl)c1. The summed E-state index contributed by atoms with van der Waals surface area (Å²) in [4.78, 5) is 0. The van der Waals surface area contributed by atoms with Crippen LogP contribution in [0, 0.1) is 0 Å². The van der Waals surface area contributed by atoms with E-state index in [1.807, 2.05) is 6.92 Å². The highest BCUT2D eigenvalue weighted by Gasteiger charge is 2.18. The van der Waals surface area contributed by atoms with Gasteiger partial charge in [0.05, 0.1) is 12.3 Å². The molecule has 0 spiro atoms. The summed E-state index contributed by atoms with van der Waals surface area (Å²) in [5.74, 6) is 1.20. The Morgan fingerprint density at radius 2 is 1.86 bits per heavy atom. The van der Waals surface area contributed by atoms with Gasteiger partial charge in [0, 0.05) is 22.2 Å². The van der Waals surface area contributed by atoms with Crippen LogP contribution in [0.15, 0.2) is 18.2 Å². The molecule has 0 atom stereocenters. The van der Waals surface area contributed by atoms with E-state index in [9.17, 15) is 5.11 Å². The van der Waals surface area contributed by atoms with Gasteiger partial charge in [0.15, 0.2) is 0 Å². The summed E-state index contributed by atoms with van der Waals surface area (Å²) < 4.78 is 7.69. The highest BCUT2D eigenvalue weighted by atomic mass is 35.5. The number of aliphatic hydroxyl groups is 1. The van der Waals surface area contributed by atoms with Crippen molar-refractivity contribution in [1.82, 2.24) is 9.78 Å². The van der Waals surface area contributed by atoms with Gasteiger partial charge >= 0.3 is 0 Å². The molecule has 0 saturated carbocycles. The number of hydrogen-bond donors (Lipinski definition) is 1. The number of rotatable bonds is 6. The number of hydrogen-bond acceptors (Lipinski definition) is 3. The molecule has 1 aromatic carbocycles. The zero-order chi connectivity index (χ0) is 15.4. The molecule has 4 nitrogen and oxygen atoms in total. The molecule has 114 valence electrons. The lowest BCUT2D eigenvalue weighted by Gasteiger charge is -2.10. The van der Waals surface area contributed by atoms with E-state index >= 15 is 0 Å². The highest BCUT2D eigenvalue weighted by Crippen LogP contribution is 2.32. The Bertz CT molecular complexity index is 606. The first-order valence-electron chi connectivity index (χ1n) is 6.92. The molecular formula is C15H18Cl2N2O2. The first-order chi connectivity index (χ1) is 10.1. The van der Waals surface area contributed by atoms with Crippen LogP contribution in [0.3, 0.4) is 0 Å². The van der Waals surface area contributed by atoms with Crippen LogP contribution in [0.4, 0.5) is 0 Å². The third-order valence-electron chi connectivity index (χ3n) is 3.08. The summed E-state index contributed by atoms with van der Waals surface area (Å²) >= 11 is 12.0. The van der Waals surface area contributed by atoms with Gasteiger partial charge in [-0.2, -0.15) is 5.10 Å². The van der Waals surface area contributed by atoms with Crippen LogP contribution < -0.4 is 4.74 Å². The van der Waals surface area contributed by atoms with Gasteiger partial charge in [0.2, 0.25) is 5.88 Å². The van der Waals surface area contributed by atoms with Crippen molar-refractivity contribution in [2.75, 3.05) is 0 Å². The number of aliphatic hydroxyl groups excluding tert-OH is 1. The van der Waals surface area contributed by atoms with Gasteiger partial charge in [-0.1, -0.05) is 36.5 Å². The fourth-order valence-corrected chi connectivity index (χ4v) is 2.69. The molecule has 0 aliphatic rings. The lowest BCUT2D eigenvalue weighted by Crippen LogP contribution is -2.01. The molecular weight excluding hydrogens is 311 g/mol. The van der Waals surface area contributed by atoms with E-state index in [4.69, 9.17) is 27.9 Å². The van der Waals surface area contributed by atoms with Crippen LogP contribution in [-0.4, -0.2) is 14.9 Å². The molecule has 0 saturated heterocycles. The zero-order valence-corrected chi connectivity index (χ0v) is 13.6. The van der Waals surface area contributed by atoms with Crippen molar-refractivity contribution in [3.05, 3.63) is 39.5 Å². The Morgan fingerprint density at radius 3 is 2.38 bits per heavy atom. The maximum absolute atomic E-state index is 9.46. The molecule has 2 rings (SSSR count). The Balaban J connectivity index is 2.43. The van der Waals surface area contributed by atoms with Crippen molar-refractivity contribution in [2.24, 2.45) is 0 Å². The highest BCUT2D eigenvalue weighted by molar-refractivity contribution is 6.34.